The average molecular weight is 371 g/mol. The molecule has 3 N–H and O–H groups in total. The van der Waals surface area contributed by atoms with E-state index in [2.05, 4.69) is 26.1 Å². The fourth-order valence-electron chi connectivity index (χ4n) is 2.66. The summed E-state index contributed by atoms with van der Waals surface area (Å²) in [5.41, 5.74) is 2.76. The normalized spacial score (nSPS) is 13.7. The van der Waals surface area contributed by atoms with Gasteiger partial charge in [-0.25, -0.2) is 4.79 Å². The zero-order valence-electron chi connectivity index (χ0n) is 16.2. The van der Waals surface area contributed by atoms with Gasteiger partial charge in [-0.2, -0.15) is 0 Å². The Morgan fingerprint density at radius 3 is 2.26 bits per heavy atom. The minimum atomic E-state index is -0.999. The Hall–Kier alpha value is -2.37. The molecule has 0 aromatic heterocycles. The number of rotatable bonds is 7. The third kappa shape index (κ3) is 6.70. The molecule has 5 nitrogen and oxygen atoms in total. The molecule has 0 radical (unpaired) electrons. The van der Waals surface area contributed by atoms with Gasteiger partial charge in [-0.3, -0.25) is 0 Å². The molecule has 0 fully saturated rings. The first-order valence-electron chi connectivity index (χ1n) is 9.18. The molecular formula is C22H29NO4. The van der Waals surface area contributed by atoms with Crippen molar-refractivity contribution in [1.29, 1.82) is 0 Å². The number of nitrogens with one attached hydrogen (secondary N) is 1. The SMILES string of the molecule is CC(C)(C)c1ccc(C(O)C(O)CCNC(=O)OCc2ccccc2)cc1. The summed E-state index contributed by atoms with van der Waals surface area (Å²) < 4.78 is 5.11. The number of aliphatic hydroxyl groups is 2. The second-order valence-corrected chi connectivity index (χ2v) is 7.66. The molecule has 2 aromatic rings. The Labute approximate surface area is 161 Å². The van der Waals surface area contributed by atoms with Crippen LogP contribution in [0.1, 0.15) is 50.0 Å². The second-order valence-electron chi connectivity index (χ2n) is 7.66. The van der Waals surface area contributed by atoms with Crippen molar-refractivity contribution in [3.63, 3.8) is 0 Å². The highest BCUT2D eigenvalue weighted by Crippen LogP contribution is 2.25. The molecule has 0 spiro atoms. The molecule has 1 amide bonds. The Balaban J connectivity index is 1.74. The zero-order valence-corrected chi connectivity index (χ0v) is 16.2. The van der Waals surface area contributed by atoms with E-state index in [9.17, 15) is 15.0 Å². The van der Waals surface area contributed by atoms with E-state index in [-0.39, 0.29) is 25.0 Å². The van der Waals surface area contributed by atoms with Crippen molar-refractivity contribution in [2.75, 3.05) is 6.54 Å². The maximum absolute atomic E-state index is 11.7. The zero-order chi connectivity index (χ0) is 19.9. The molecule has 2 unspecified atom stereocenters. The topological polar surface area (TPSA) is 78.8 Å². The minimum absolute atomic E-state index is 0.0339. The Morgan fingerprint density at radius 1 is 1.04 bits per heavy atom. The monoisotopic (exact) mass is 371 g/mol. The summed E-state index contributed by atoms with van der Waals surface area (Å²) in [6, 6.07) is 17.0. The lowest BCUT2D eigenvalue weighted by Crippen LogP contribution is -2.29. The summed E-state index contributed by atoms with van der Waals surface area (Å²) in [6.45, 7) is 6.77. The van der Waals surface area contributed by atoms with Crippen LogP contribution in [0.4, 0.5) is 4.79 Å². The largest absolute Gasteiger partial charge is 0.445 e. The van der Waals surface area contributed by atoms with E-state index in [1.807, 2.05) is 54.6 Å². The number of carbonyl (C=O) groups is 1. The molecule has 0 aliphatic carbocycles. The Morgan fingerprint density at radius 2 is 1.67 bits per heavy atom. The van der Waals surface area contributed by atoms with Crippen LogP contribution in [0.15, 0.2) is 54.6 Å². The molecule has 0 saturated heterocycles. The highest BCUT2D eigenvalue weighted by Gasteiger charge is 2.20. The van der Waals surface area contributed by atoms with Crippen molar-refractivity contribution < 1.29 is 19.7 Å². The van der Waals surface area contributed by atoms with E-state index < -0.39 is 18.3 Å². The van der Waals surface area contributed by atoms with Crippen molar-refractivity contribution in [2.45, 2.75) is 51.4 Å². The number of hydrogen-bond donors (Lipinski definition) is 3. The molecule has 2 atom stereocenters. The maximum atomic E-state index is 11.7. The fourth-order valence-corrected chi connectivity index (χ4v) is 2.66. The predicted octanol–water partition coefficient (Wildman–Crippen LogP) is 3.69. The fraction of sp³-hybridized carbons (Fsp3) is 0.409. The van der Waals surface area contributed by atoms with E-state index in [4.69, 9.17) is 4.74 Å². The Bertz CT molecular complexity index is 707. The van der Waals surface area contributed by atoms with E-state index >= 15 is 0 Å². The number of hydrogen-bond acceptors (Lipinski definition) is 4. The van der Waals surface area contributed by atoms with Crippen molar-refractivity contribution in [3.05, 3.63) is 71.3 Å². The molecule has 0 saturated carbocycles. The second kappa shape index (κ2) is 9.53. The molecule has 0 bridgehead atoms. The highest BCUT2D eigenvalue weighted by molar-refractivity contribution is 5.67. The van der Waals surface area contributed by atoms with Gasteiger partial charge in [0.1, 0.15) is 12.7 Å². The van der Waals surface area contributed by atoms with Crippen LogP contribution in [0.3, 0.4) is 0 Å². The number of amides is 1. The quantitative estimate of drug-likeness (QED) is 0.693. The van der Waals surface area contributed by atoms with Gasteiger partial charge in [0.15, 0.2) is 0 Å². The van der Waals surface area contributed by atoms with Crippen LogP contribution in [0.5, 0.6) is 0 Å². The number of aliphatic hydroxyl groups excluding tert-OH is 2. The van der Waals surface area contributed by atoms with Crippen LogP contribution in [0.2, 0.25) is 0 Å². The summed E-state index contributed by atoms with van der Waals surface area (Å²) in [5, 5.41) is 23.1. The van der Waals surface area contributed by atoms with E-state index in [0.717, 1.165) is 11.1 Å². The lowest BCUT2D eigenvalue weighted by molar-refractivity contribution is 0.0136. The first-order valence-corrected chi connectivity index (χ1v) is 9.18. The van der Waals surface area contributed by atoms with Gasteiger partial charge in [0.05, 0.1) is 6.10 Å². The van der Waals surface area contributed by atoms with Crippen LogP contribution in [-0.4, -0.2) is 29.0 Å². The molecule has 2 aromatic carbocycles. The van der Waals surface area contributed by atoms with Gasteiger partial charge in [0, 0.05) is 6.54 Å². The van der Waals surface area contributed by atoms with E-state index in [1.165, 1.54) is 0 Å². The molecule has 27 heavy (non-hydrogen) atoms. The van der Waals surface area contributed by atoms with Gasteiger partial charge in [-0.15, -0.1) is 0 Å². The summed E-state index contributed by atoms with van der Waals surface area (Å²) in [7, 11) is 0. The molecule has 0 heterocycles. The number of ether oxygens (including phenoxy) is 1. The van der Waals surface area contributed by atoms with Crippen LogP contribution in [0, 0.1) is 0 Å². The number of alkyl carbamates (subject to hydrolysis) is 1. The predicted molar refractivity (Wildman–Crippen MR) is 105 cm³/mol. The van der Waals surface area contributed by atoms with Crippen LogP contribution >= 0.6 is 0 Å². The van der Waals surface area contributed by atoms with Gasteiger partial charge < -0.3 is 20.3 Å². The number of benzene rings is 2. The first kappa shape index (κ1) is 20.9. The van der Waals surface area contributed by atoms with Gasteiger partial charge in [0.25, 0.3) is 0 Å². The summed E-state index contributed by atoms with van der Waals surface area (Å²) in [5.74, 6) is 0. The first-order chi connectivity index (χ1) is 12.8. The van der Waals surface area contributed by atoms with Gasteiger partial charge >= 0.3 is 6.09 Å². The molecule has 2 rings (SSSR count). The van der Waals surface area contributed by atoms with Crippen molar-refractivity contribution in [3.8, 4) is 0 Å². The van der Waals surface area contributed by atoms with Crippen molar-refractivity contribution >= 4 is 6.09 Å². The van der Waals surface area contributed by atoms with Crippen LogP contribution in [-0.2, 0) is 16.8 Å². The highest BCUT2D eigenvalue weighted by atomic mass is 16.5. The maximum Gasteiger partial charge on any atom is 0.407 e. The molecule has 0 aliphatic heterocycles. The third-order valence-corrected chi connectivity index (χ3v) is 4.40. The van der Waals surface area contributed by atoms with Crippen molar-refractivity contribution in [1.82, 2.24) is 5.32 Å². The third-order valence-electron chi connectivity index (χ3n) is 4.40. The van der Waals surface area contributed by atoms with Crippen molar-refractivity contribution in [2.24, 2.45) is 0 Å². The van der Waals surface area contributed by atoms with Gasteiger partial charge in [0.2, 0.25) is 0 Å². The van der Waals surface area contributed by atoms with E-state index in [0.29, 0.717) is 5.56 Å². The molecule has 0 aliphatic rings. The Kier molecular flexibility index (Phi) is 7.39. The lowest BCUT2D eigenvalue weighted by atomic mass is 9.86. The van der Waals surface area contributed by atoms with Crippen LogP contribution in [0.25, 0.3) is 0 Å². The molecular weight excluding hydrogens is 342 g/mol. The minimum Gasteiger partial charge on any atom is -0.445 e. The summed E-state index contributed by atoms with van der Waals surface area (Å²) >= 11 is 0. The van der Waals surface area contributed by atoms with E-state index in [1.54, 1.807) is 0 Å². The smallest absolute Gasteiger partial charge is 0.407 e. The molecule has 5 heteroatoms. The molecule has 146 valence electrons. The van der Waals surface area contributed by atoms with Gasteiger partial charge in [-0.05, 0) is 28.5 Å². The summed E-state index contributed by atoms with van der Waals surface area (Å²) in [4.78, 5) is 11.7. The standard InChI is InChI=1S/C22H29NO4/c1-22(2,3)18-11-9-17(10-12-18)20(25)19(24)13-14-23-21(26)27-15-16-7-5-4-6-8-16/h4-12,19-20,24-25H,13-15H2,1-3H3,(H,23,26). The summed E-state index contributed by atoms with van der Waals surface area (Å²) in [6.07, 6.45) is -2.29. The van der Waals surface area contributed by atoms with Gasteiger partial charge in [-0.1, -0.05) is 75.4 Å². The average Bonchev–Trinajstić information content (AvgIpc) is 2.66. The lowest BCUT2D eigenvalue weighted by Gasteiger charge is -2.22. The van der Waals surface area contributed by atoms with Crippen LogP contribution < -0.4 is 5.32 Å². The number of carbonyl (C=O) groups excluding carboxylic acids is 1.